The van der Waals surface area contributed by atoms with E-state index in [-0.39, 0.29) is 30.8 Å². The smallest absolute Gasteiger partial charge is 0.491 e. The molecule has 0 heterocycles. The Bertz CT molecular complexity index is 140. The van der Waals surface area contributed by atoms with E-state index in [0.29, 0.717) is 19.3 Å². The van der Waals surface area contributed by atoms with Crippen LogP contribution in [0.3, 0.4) is 0 Å². The molecule has 0 unspecified atom stereocenters. The van der Waals surface area contributed by atoms with Crippen LogP contribution in [-0.4, -0.2) is 26.2 Å². The molecule has 0 aliphatic carbocycles. The molecule has 0 aliphatic heterocycles. The molecule has 4 nitrogen and oxygen atoms in total. The van der Waals surface area contributed by atoms with Crippen LogP contribution in [0.1, 0.15) is 19.3 Å². The Balaban J connectivity index is 0. The van der Waals surface area contributed by atoms with Crippen LogP contribution in [0.15, 0.2) is 0 Å². The molecule has 0 radical (unpaired) electrons. The second-order valence-corrected chi connectivity index (χ2v) is 2.20. The van der Waals surface area contributed by atoms with Crippen LogP contribution in [0.2, 0.25) is 0 Å². The fraction of sp³-hybridized carbons (Fsp3) is 0.625. The van der Waals surface area contributed by atoms with Gasteiger partial charge in [0, 0.05) is 6.42 Å². The minimum absolute atomic E-state index is 0. The Kier molecular flexibility index (Phi) is 10.9. The van der Waals surface area contributed by atoms with Crippen LogP contribution in [0.25, 0.3) is 0 Å². The van der Waals surface area contributed by atoms with Gasteiger partial charge in [-0.15, -0.1) is 0 Å². The van der Waals surface area contributed by atoms with Crippen LogP contribution in [0, 0.1) is 6.42 Å². The third kappa shape index (κ3) is 9.32. The molecule has 0 saturated carbocycles. The van der Waals surface area contributed by atoms with Gasteiger partial charge in [0.2, 0.25) is 0 Å². The summed E-state index contributed by atoms with van der Waals surface area (Å²) in [5, 5.41) is 0. The summed E-state index contributed by atoms with van der Waals surface area (Å²) in [5.74, 6) is -0.617. The van der Waals surface area contributed by atoms with Crippen molar-refractivity contribution in [2.45, 2.75) is 19.3 Å². The van der Waals surface area contributed by atoms with Crippen molar-refractivity contribution >= 4 is 11.9 Å². The molecule has 0 atom stereocenters. The Morgan fingerprint density at radius 1 is 1.23 bits per heavy atom. The fourth-order valence-electron chi connectivity index (χ4n) is 0.652. The summed E-state index contributed by atoms with van der Waals surface area (Å²) in [6, 6.07) is 0. The Morgan fingerprint density at radius 3 is 2.31 bits per heavy atom. The van der Waals surface area contributed by atoms with Gasteiger partial charge in [-0.05, 0) is 0 Å². The fourth-order valence-corrected chi connectivity index (χ4v) is 0.652. The van der Waals surface area contributed by atoms with Crippen molar-refractivity contribution in [2.75, 3.05) is 14.2 Å². The standard InChI is InChI=1S/C8H13O4.Li/c1-11-7(9)5-3-4-6-8(10)12-2;/h5H,3-4,6H2,1-2H3;/q-1;+1. The molecule has 0 spiro atoms. The normalized spacial score (nSPS) is 8.15. The van der Waals surface area contributed by atoms with Gasteiger partial charge in [0.25, 0.3) is 0 Å². The largest absolute Gasteiger partial charge is 1.00 e. The average Bonchev–Trinajstić information content (AvgIpc) is 2.11. The first-order valence-electron chi connectivity index (χ1n) is 3.68. The van der Waals surface area contributed by atoms with E-state index >= 15 is 0 Å². The minimum atomic E-state index is -0.361. The number of ether oxygens (including phenoxy) is 2. The van der Waals surface area contributed by atoms with Gasteiger partial charge in [-0.1, -0.05) is 6.42 Å². The molecule has 0 amide bonds. The molecule has 0 N–H and O–H groups in total. The summed E-state index contributed by atoms with van der Waals surface area (Å²) in [6.07, 6.45) is 2.90. The van der Waals surface area contributed by atoms with Gasteiger partial charge >= 0.3 is 24.8 Å². The second kappa shape index (κ2) is 9.50. The van der Waals surface area contributed by atoms with Crippen molar-refractivity contribution < 1.29 is 37.9 Å². The van der Waals surface area contributed by atoms with Crippen LogP contribution >= 0.6 is 0 Å². The van der Waals surface area contributed by atoms with Crippen LogP contribution < -0.4 is 18.9 Å². The molecule has 13 heavy (non-hydrogen) atoms. The zero-order valence-electron chi connectivity index (χ0n) is 8.33. The Labute approximate surface area is 90.1 Å². The molecule has 0 fully saturated rings. The first-order chi connectivity index (χ1) is 5.70. The Hall–Kier alpha value is -0.593. The number of hydrogen-bond donors (Lipinski definition) is 0. The summed E-state index contributed by atoms with van der Waals surface area (Å²) >= 11 is 0. The molecular weight excluding hydrogens is 167 g/mol. The van der Waals surface area contributed by atoms with Crippen molar-refractivity contribution in [3.8, 4) is 0 Å². The van der Waals surface area contributed by atoms with Crippen molar-refractivity contribution in [3.63, 3.8) is 0 Å². The predicted molar refractivity (Wildman–Crippen MR) is 42.2 cm³/mol. The number of methoxy groups -OCH3 is 2. The monoisotopic (exact) mass is 180 g/mol. The van der Waals surface area contributed by atoms with E-state index in [4.69, 9.17) is 0 Å². The topological polar surface area (TPSA) is 52.6 Å². The summed E-state index contributed by atoms with van der Waals surface area (Å²) in [7, 11) is 2.66. The van der Waals surface area contributed by atoms with Gasteiger partial charge in [0.15, 0.2) is 5.97 Å². The Morgan fingerprint density at radius 2 is 1.85 bits per heavy atom. The van der Waals surface area contributed by atoms with Crippen molar-refractivity contribution in [1.29, 1.82) is 0 Å². The first kappa shape index (κ1) is 14.9. The number of rotatable bonds is 5. The predicted octanol–water partition coefficient (Wildman–Crippen LogP) is -2.29. The van der Waals surface area contributed by atoms with Crippen LogP contribution in [0.4, 0.5) is 0 Å². The minimum Gasteiger partial charge on any atom is -0.491 e. The van der Waals surface area contributed by atoms with Gasteiger partial charge in [-0.3, -0.25) is 16.0 Å². The van der Waals surface area contributed by atoms with Crippen molar-refractivity contribution in [1.82, 2.24) is 0 Å². The molecule has 0 rings (SSSR count). The van der Waals surface area contributed by atoms with Crippen LogP contribution in [-0.2, 0) is 19.1 Å². The number of unbranched alkanes of at least 4 members (excludes halogenated alkanes) is 1. The van der Waals surface area contributed by atoms with Crippen molar-refractivity contribution in [3.05, 3.63) is 6.42 Å². The SMILES string of the molecule is COC(=O)[CH-]CCCC(=O)OC.[Li+]. The summed E-state index contributed by atoms with van der Waals surface area (Å²) in [4.78, 5) is 21.1. The van der Waals surface area contributed by atoms with Gasteiger partial charge < -0.3 is 9.47 Å². The van der Waals surface area contributed by atoms with Crippen molar-refractivity contribution in [2.24, 2.45) is 0 Å². The van der Waals surface area contributed by atoms with Gasteiger partial charge in [0.1, 0.15) is 0 Å². The van der Waals surface area contributed by atoms with E-state index in [1.54, 1.807) is 0 Å². The number of carbonyl (C=O) groups is 2. The third-order valence-electron chi connectivity index (χ3n) is 1.32. The molecule has 0 bridgehead atoms. The average molecular weight is 180 g/mol. The molecular formula is C8H13LiO4. The van der Waals surface area contributed by atoms with E-state index in [1.165, 1.54) is 20.6 Å². The number of esters is 2. The molecule has 70 valence electrons. The quantitative estimate of drug-likeness (QED) is 0.207. The molecule has 0 aromatic heterocycles. The van der Waals surface area contributed by atoms with E-state index in [1.807, 2.05) is 0 Å². The van der Waals surface area contributed by atoms with Gasteiger partial charge in [-0.25, -0.2) is 0 Å². The molecule has 0 aromatic carbocycles. The van der Waals surface area contributed by atoms with Gasteiger partial charge in [0.05, 0.1) is 14.2 Å². The van der Waals surface area contributed by atoms with E-state index < -0.39 is 0 Å². The molecule has 0 saturated heterocycles. The summed E-state index contributed by atoms with van der Waals surface area (Å²) in [5.41, 5.74) is 0. The van der Waals surface area contributed by atoms with E-state index in [0.717, 1.165) is 0 Å². The second-order valence-electron chi connectivity index (χ2n) is 2.20. The molecule has 5 heteroatoms. The van der Waals surface area contributed by atoms with Crippen LogP contribution in [0.5, 0.6) is 0 Å². The summed E-state index contributed by atoms with van der Waals surface area (Å²) < 4.78 is 8.79. The third-order valence-corrected chi connectivity index (χ3v) is 1.32. The first-order valence-corrected chi connectivity index (χ1v) is 3.68. The summed E-state index contributed by atoms with van der Waals surface area (Å²) in [6.45, 7) is 0. The maximum absolute atomic E-state index is 10.6. The maximum atomic E-state index is 10.6. The van der Waals surface area contributed by atoms with E-state index in [9.17, 15) is 9.59 Å². The number of carbonyl (C=O) groups excluding carboxylic acids is 2. The molecule has 0 aliphatic rings. The number of hydrogen-bond acceptors (Lipinski definition) is 4. The maximum Gasteiger partial charge on any atom is 1.00 e. The zero-order chi connectivity index (χ0) is 9.40. The van der Waals surface area contributed by atoms with Gasteiger partial charge in [-0.2, -0.15) is 6.42 Å². The molecule has 0 aromatic rings. The van der Waals surface area contributed by atoms with E-state index in [2.05, 4.69) is 9.47 Å². The zero-order valence-corrected chi connectivity index (χ0v) is 8.33.